The van der Waals surface area contributed by atoms with Crippen molar-refractivity contribution in [3.8, 4) is 0 Å². The quantitative estimate of drug-likeness (QED) is 0.758. The van der Waals surface area contributed by atoms with E-state index in [1.165, 1.54) is 19.0 Å². The Balaban J connectivity index is 1.79. The molecule has 0 radical (unpaired) electrons. The summed E-state index contributed by atoms with van der Waals surface area (Å²) in [5, 5.41) is 19.9. The van der Waals surface area contributed by atoms with Gasteiger partial charge < -0.3 is 10.4 Å². The Morgan fingerprint density at radius 2 is 2.12 bits per heavy atom. The van der Waals surface area contributed by atoms with Crippen LogP contribution in [-0.4, -0.2) is 38.2 Å². The topological polar surface area (TPSA) is 80.0 Å². The van der Waals surface area contributed by atoms with Gasteiger partial charge in [-0.2, -0.15) is 0 Å². The molecule has 3 atom stereocenters. The van der Waals surface area contributed by atoms with Crippen molar-refractivity contribution in [1.29, 1.82) is 0 Å². The molecule has 3 heterocycles. The molecular formula is C10H14N4O2. The number of piperidine rings is 1. The summed E-state index contributed by atoms with van der Waals surface area (Å²) in [5.41, 5.74) is 0.0332. The minimum absolute atomic E-state index is 0.0332. The SMILES string of the molecule is O=C(O)c1cn(C2C[C@H]3CC[C@@H](C2)N3)nn1. The number of hydrogen-bond donors (Lipinski definition) is 2. The Morgan fingerprint density at radius 3 is 2.69 bits per heavy atom. The van der Waals surface area contributed by atoms with Crippen LogP contribution in [0.1, 0.15) is 42.2 Å². The van der Waals surface area contributed by atoms with Gasteiger partial charge in [0.15, 0.2) is 5.69 Å². The van der Waals surface area contributed by atoms with E-state index in [-0.39, 0.29) is 5.69 Å². The van der Waals surface area contributed by atoms with Gasteiger partial charge in [-0.3, -0.25) is 0 Å². The van der Waals surface area contributed by atoms with E-state index >= 15 is 0 Å². The number of rotatable bonds is 2. The van der Waals surface area contributed by atoms with Crippen molar-refractivity contribution in [2.75, 3.05) is 0 Å². The van der Waals surface area contributed by atoms with Gasteiger partial charge >= 0.3 is 5.97 Å². The van der Waals surface area contributed by atoms with E-state index in [2.05, 4.69) is 15.6 Å². The van der Waals surface area contributed by atoms with E-state index in [0.717, 1.165) is 12.8 Å². The number of carboxylic acids is 1. The van der Waals surface area contributed by atoms with Gasteiger partial charge in [-0.05, 0) is 25.7 Å². The van der Waals surface area contributed by atoms with Crippen molar-refractivity contribution in [1.82, 2.24) is 20.3 Å². The molecular weight excluding hydrogens is 208 g/mol. The van der Waals surface area contributed by atoms with Gasteiger partial charge in [0.25, 0.3) is 0 Å². The number of fused-ring (bicyclic) bond motifs is 2. The highest BCUT2D eigenvalue weighted by Crippen LogP contribution is 2.33. The third-order valence-corrected chi connectivity index (χ3v) is 3.55. The molecule has 2 bridgehead atoms. The van der Waals surface area contributed by atoms with E-state index in [1.807, 2.05) is 0 Å². The van der Waals surface area contributed by atoms with Crippen LogP contribution in [0.4, 0.5) is 0 Å². The van der Waals surface area contributed by atoms with Gasteiger partial charge in [0.05, 0.1) is 12.2 Å². The molecule has 2 saturated heterocycles. The van der Waals surface area contributed by atoms with Gasteiger partial charge in [-0.15, -0.1) is 5.10 Å². The summed E-state index contributed by atoms with van der Waals surface area (Å²) in [6.45, 7) is 0. The summed E-state index contributed by atoms with van der Waals surface area (Å²) in [5.74, 6) is -1.01. The molecule has 86 valence electrons. The third-order valence-electron chi connectivity index (χ3n) is 3.55. The first-order chi connectivity index (χ1) is 7.72. The lowest BCUT2D eigenvalue weighted by Crippen LogP contribution is -2.39. The minimum atomic E-state index is -1.01. The van der Waals surface area contributed by atoms with Crippen LogP contribution in [0.2, 0.25) is 0 Å². The summed E-state index contributed by atoms with van der Waals surface area (Å²) < 4.78 is 1.72. The van der Waals surface area contributed by atoms with Crippen molar-refractivity contribution < 1.29 is 9.90 Å². The molecule has 0 spiro atoms. The molecule has 16 heavy (non-hydrogen) atoms. The smallest absolute Gasteiger partial charge is 0.358 e. The number of aromatic carboxylic acids is 1. The Bertz CT molecular complexity index is 405. The predicted octanol–water partition coefficient (Wildman–Crippen LogP) is 0.432. The van der Waals surface area contributed by atoms with Gasteiger partial charge in [-0.1, -0.05) is 5.21 Å². The van der Waals surface area contributed by atoms with Gasteiger partial charge in [-0.25, -0.2) is 9.48 Å². The number of nitrogens with zero attached hydrogens (tertiary/aromatic N) is 3. The standard InChI is InChI=1S/C10H14N4O2/c15-10(16)9-5-14(13-12-9)8-3-6-1-2-7(4-8)11-6/h5-8,11H,1-4H2,(H,15,16)/t6-,7+,8?. The van der Waals surface area contributed by atoms with Gasteiger partial charge in [0, 0.05) is 12.1 Å². The van der Waals surface area contributed by atoms with Crippen LogP contribution in [0.15, 0.2) is 6.20 Å². The van der Waals surface area contributed by atoms with Crippen LogP contribution in [-0.2, 0) is 0 Å². The molecule has 0 amide bonds. The normalized spacial score (nSPS) is 32.9. The summed E-state index contributed by atoms with van der Waals surface area (Å²) in [6, 6.07) is 1.45. The first kappa shape index (κ1) is 9.77. The molecule has 2 fully saturated rings. The molecule has 3 rings (SSSR count). The minimum Gasteiger partial charge on any atom is -0.476 e. The molecule has 2 aliphatic rings. The molecule has 0 aromatic carbocycles. The lowest BCUT2D eigenvalue weighted by Gasteiger charge is -2.28. The fourth-order valence-electron chi connectivity index (χ4n) is 2.80. The van der Waals surface area contributed by atoms with Crippen molar-refractivity contribution in [3.05, 3.63) is 11.9 Å². The Morgan fingerprint density at radius 1 is 1.44 bits per heavy atom. The average Bonchev–Trinajstić information content (AvgIpc) is 2.85. The molecule has 6 heteroatoms. The monoisotopic (exact) mass is 222 g/mol. The van der Waals surface area contributed by atoms with E-state index in [4.69, 9.17) is 5.11 Å². The maximum absolute atomic E-state index is 10.7. The highest BCUT2D eigenvalue weighted by Gasteiger charge is 2.34. The van der Waals surface area contributed by atoms with Crippen molar-refractivity contribution in [3.63, 3.8) is 0 Å². The molecule has 1 aromatic rings. The maximum atomic E-state index is 10.7. The number of carboxylic acid groups (broad SMARTS) is 1. The summed E-state index contributed by atoms with van der Waals surface area (Å²) >= 11 is 0. The first-order valence-corrected chi connectivity index (χ1v) is 5.63. The highest BCUT2D eigenvalue weighted by atomic mass is 16.4. The molecule has 1 aromatic heterocycles. The van der Waals surface area contributed by atoms with Crippen LogP contribution in [0.5, 0.6) is 0 Å². The van der Waals surface area contributed by atoms with E-state index in [9.17, 15) is 4.79 Å². The highest BCUT2D eigenvalue weighted by molar-refractivity contribution is 5.84. The second-order valence-corrected chi connectivity index (χ2v) is 4.65. The largest absolute Gasteiger partial charge is 0.476 e. The first-order valence-electron chi connectivity index (χ1n) is 5.63. The maximum Gasteiger partial charge on any atom is 0.358 e. The summed E-state index contributed by atoms with van der Waals surface area (Å²) in [6.07, 6.45) is 6.04. The lowest BCUT2D eigenvalue weighted by molar-refractivity contribution is 0.0690. The number of aromatic nitrogens is 3. The fourth-order valence-corrected chi connectivity index (χ4v) is 2.80. The summed E-state index contributed by atoms with van der Waals surface area (Å²) in [7, 11) is 0. The van der Waals surface area contributed by atoms with Crippen molar-refractivity contribution in [2.45, 2.75) is 43.8 Å². The van der Waals surface area contributed by atoms with Crippen LogP contribution < -0.4 is 5.32 Å². The van der Waals surface area contributed by atoms with Crippen LogP contribution >= 0.6 is 0 Å². The Kier molecular flexibility index (Phi) is 2.17. The molecule has 0 saturated carbocycles. The third kappa shape index (κ3) is 1.59. The van der Waals surface area contributed by atoms with E-state index < -0.39 is 5.97 Å². The fraction of sp³-hybridized carbons (Fsp3) is 0.700. The van der Waals surface area contributed by atoms with Crippen molar-refractivity contribution in [2.24, 2.45) is 0 Å². The number of nitrogens with one attached hydrogen (secondary N) is 1. The Hall–Kier alpha value is -1.43. The van der Waals surface area contributed by atoms with E-state index in [1.54, 1.807) is 4.68 Å². The zero-order valence-corrected chi connectivity index (χ0v) is 8.83. The number of carbonyl (C=O) groups is 1. The molecule has 1 unspecified atom stereocenters. The molecule has 2 N–H and O–H groups in total. The summed E-state index contributed by atoms with van der Waals surface area (Å²) in [4.78, 5) is 10.7. The molecule has 6 nitrogen and oxygen atoms in total. The average molecular weight is 222 g/mol. The molecule has 0 aliphatic carbocycles. The lowest BCUT2D eigenvalue weighted by atomic mass is 10.0. The van der Waals surface area contributed by atoms with Crippen LogP contribution in [0.25, 0.3) is 0 Å². The second kappa shape index (κ2) is 3.55. The second-order valence-electron chi connectivity index (χ2n) is 4.65. The number of hydrogen-bond acceptors (Lipinski definition) is 4. The van der Waals surface area contributed by atoms with Crippen LogP contribution in [0, 0.1) is 0 Å². The Labute approximate surface area is 92.6 Å². The van der Waals surface area contributed by atoms with Crippen molar-refractivity contribution >= 4 is 5.97 Å². The van der Waals surface area contributed by atoms with Gasteiger partial charge in [0.1, 0.15) is 0 Å². The van der Waals surface area contributed by atoms with E-state index in [0.29, 0.717) is 18.1 Å². The predicted molar refractivity (Wildman–Crippen MR) is 55.2 cm³/mol. The van der Waals surface area contributed by atoms with Crippen LogP contribution in [0.3, 0.4) is 0 Å². The molecule has 2 aliphatic heterocycles. The van der Waals surface area contributed by atoms with Gasteiger partial charge in [0.2, 0.25) is 0 Å². The zero-order valence-electron chi connectivity index (χ0n) is 8.83. The zero-order chi connectivity index (χ0) is 11.1.